The average Bonchev–Trinajstić information content (AvgIpc) is 3.14. The Kier molecular flexibility index (Phi) is 7.57. The lowest BCUT2D eigenvalue weighted by molar-refractivity contribution is -0.146. The van der Waals surface area contributed by atoms with E-state index in [4.69, 9.17) is 40.2 Å². The van der Waals surface area contributed by atoms with Crippen molar-refractivity contribution in [2.24, 2.45) is 11.0 Å². The van der Waals surface area contributed by atoms with E-state index in [0.717, 1.165) is 5.56 Å². The monoisotopic (exact) mass is 485 g/mol. The van der Waals surface area contributed by atoms with Gasteiger partial charge in [-0.05, 0) is 49.7 Å². The Bertz CT molecular complexity index is 986. The Balaban J connectivity index is 1.65. The fourth-order valence-electron chi connectivity index (χ4n) is 3.20. The minimum atomic E-state index is -0.173. The largest absolute Gasteiger partial charge is 0.506 e. The quantitative estimate of drug-likeness (QED) is 0.277. The number of likely N-dealkylation sites (tertiary alicyclic amines) is 1. The first-order valence-electron chi connectivity index (χ1n) is 9.25. The number of nitrogens with zero attached hydrogens (tertiary/aromatic N) is 2. The number of nitrogens with one attached hydrogen (secondary N) is 1. The SMILES string of the molecule is COC(=O)C1CCN(C(=S)N/N=C(\C)c2csc(-c3ccc(Cl)c(Cl)c3)c2O)CC1. The van der Waals surface area contributed by atoms with Gasteiger partial charge in [-0.1, -0.05) is 29.3 Å². The zero-order valence-corrected chi connectivity index (χ0v) is 19.6. The first kappa shape index (κ1) is 22.8. The maximum Gasteiger partial charge on any atom is 0.308 e. The average molecular weight is 486 g/mol. The van der Waals surface area contributed by atoms with Crippen LogP contribution in [0.4, 0.5) is 0 Å². The van der Waals surface area contributed by atoms with Crippen LogP contribution in [0.15, 0.2) is 28.7 Å². The molecule has 1 aliphatic rings. The Labute approximate surface area is 194 Å². The Morgan fingerprint density at radius 1 is 1.33 bits per heavy atom. The van der Waals surface area contributed by atoms with Crippen molar-refractivity contribution in [3.8, 4) is 16.2 Å². The lowest BCUT2D eigenvalue weighted by Gasteiger charge is -2.31. The highest BCUT2D eigenvalue weighted by molar-refractivity contribution is 7.80. The van der Waals surface area contributed by atoms with Crippen molar-refractivity contribution in [3.05, 3.63) is 39.2 Å². The molecule has 0 radical (unpaired) electrons. The molecule has 0 aliphatic carbocycles. The van der Waals surface area contributed by atoms with Gasteiger partial charge in [0.05, 0.1) is 39.2 Å². The Morgan fingerprint density at radius 2 is 2.03 bits per heavy atom. The van der Waals surface area contributed by atoms with E-state index in [1.54, 1.807) is 25.1 Å². The molecule has 0 atom stereocenters. The van der Waals surface area contributed by atoms with Crippen LogP contribution in [0, 0.1) is 5.92 Å². The minimum Gasteiger partial charge on any atom is -0.506 e. The van der Waals surface area contributed by atoms with Crippen LogP contribution in [-0.2, 0) is 9.53 Å². The molecule has 160 valence electrons. The summed E-state index contributed by atoms with van der Waals surface area (Å²) >= 11 is 18.9. The number of benzene rings is 1. The van der Waals surface area contributed by atoms with E-state index in [1.165, 1.54) is 18.4 Å². The predicted molar refractivity (Wildman–Crippen MR) is 126 cm³/mol. The van der Waals surface area contributed by atoms with Crippen molar-refractivity contribution in [1.82, 2.24) is 10.3 Å². The highest BCUT2D eigenvalue weighted by Crippen LogP contribution is 2.40. The fraction of sp³-hybridized carbons (Fsp3) is 0.350. The molecule has 1 fully saturated rings. The molecular weight excluding hydrogens is 465 g/mol. The number of hydrogen-bond donors (Lipinski definition) is 2. The van der Waals surface area contributed by atoms with Crippen molar-refractivity contribution < 1.29 is 14.6 Å². The van der Waals surface area contributed by atoms with Crippen LogP contribution < -0.4 is 5.43 Å². The van der Waals surface area contributed by atoms with Gasteiger partial charge < -0.3 is 14.7 Å². The normalized spacial score (nSPS) is 15.2. The lowest BCUT2D eigenvalue weighted by atomic mass is 9.97. The Hall–Kier alpha value is -1.87. The maximum absolute atomic E-state index is 11.6. The standard InChI is InChI=1S/C20H21Cl2N3O3S2/c1-11(23-24-20(29)25-7-5-12(6-8-25)19(27)28-2)14-10-30-18(17(14)26)13-3-4-15(21)16(22)9-13/h3-4,9-10,12,26H,5-8H2,1-2H3,(H,24,29)/b23-11+. The number of carbonyl (C=O) groups is 1. The van der Waals surface area contributed by atoms with E-state index in [-0.39, 0.29) is 17.6 Å². The first-order chi connectivity index (χ1) is 14.3. The first-order valence-corrected chi connectivity index (χ1v) is 11.3. The summed E-state index contributed by atoms with van der Waals surface area (Å²) in [7, 11) is 1.41. The number of thiocarbonyl (C=S) groups is 1. The molecule has 1 saturated heterocycles. The van der Waals surface area contributed by atoms with Crippen LogP contribution in [0.1, 0.15) is 25.3 Å². The van der Waals surface area contributed by atoms with Crippen LogP contribution in [0.25, 0.3) is 10.4 Å². The lowest BCUT2D eigenvalue weighted by Crippen LogP contribution is -2.44. The maximum atomic E-state index is 11.6. The highest BCUT2D eigenvalue weighted by Gasteiger charge is 2.26. The van der Waals surface area contributed by atoms with Gasteiger partial charge in [-0.2, -0.15) is 5.10 Å². The third-order valence-corrected chi connectivity index (χ3v) is 7.08. The van der Waals surface area contributed by atoms with Crippen molar-refractivity contribution in [3.63, 3.8) is 0 Å². The summed E-state index contributed by atoms with van der Waals surface area (Å²) in [5.41, 5.74) is 4.88. The van der Waals surface area contributed by atoms with Gasteiger partial charge in [0, 0.05) is 18.5 Å². The molecule has 2 heterocycles. The molecular formula is C20H21Cl2N3O3S2. The van der Waals surface area contributed by atoms with E-state index < -0.39 is 0 Å². The molecule has 1 aromatic heterocycles. The molecule has 0 bridgehead atoms. The van der Waals surface area contributed by atoms with E-state index >= 15 is 0 Å². The summed E-state index contributed by atoms with van der Waals surface area (Å²) in [6.45, 7) is 3.11. The van der Waals surface area contributed by atoms with Crippen LogP contribution in [-0.4, -0.2) is 47.0 Å². The number of ether oxygens (including phenoxy) is 1. The smallest absolute Gasteiger partial charge is 0.308 e. The number of aromatic hydroxyl groups is 1. The van der Waals surface area contributed by atoms with Gasteiger partial charge >= 0.3 is 5.97 Å². The van der Waals surface area contributed by atoms with Gasteiger partial charge in [0.2, 0.25) is 0 Å². The summed E-state index contributed by atoms with van der Waals surface area (Å²) in [5.74, 6) is -0.124. The van der Waals surface area contributed by atoms with Crippen molar-refractivity contribution in [2.45, 2.75) is 19.8 Å². The van der Waals surface area contributed by atoms with Crippen molar-refractivity contribution >= 4 is 63.5 Å². The van der Waals surface area contributed by atoms with Crippen LogP contribution in [0.5, 0.6) is 5.75 Å². The van der Waals surface area contributed by atoms with Gasteiger partial charge in [0.1, 0.15) is 5.75 Å². The van der Waals surface area contributed by atoms with E-state index in [0.29, 0.717) is 57.2 Å². The van der Waals surface area contributed by atoms with Crippen molar-refractivity contribution in [1.29, 1.82) is 0 Å². The number of rotatable bonds is 4. The fourth-order valence-corrected chi connectivity index (χ4v) is 4.73. The second-order valence-electron chi connectivity index (χ2n) is 6.85. The molecule has 0 spiro atoms. The van der Waals surface area contributed by atoms with Gasteiger partial charge in [0.15, 0.2) is 5.11 Å². The van der Waals surface area contributed by atoms with Gasteiger partial charge in [0.25, 0.3) is 0 Å². The van der Waals surface area contributed by atoms with Gasteiger partial charge in [-0.25, -0.2) is 0 Å². The summed E-state index contributed by atoms with van der Waals surface area (Å²) in [5, 5.41) is 18.2. The summed E-state index contributed by atoms with van der Waals surface area (Å²) < 4.78 is 4.81. The molecule has 1 aromatic carbocycles. The molecule has 3 rings (SSSR count). The molecule has 6 nitrogen and oxygen atoms in total. The molecule has 0 saturated carbocycles. The predicted octanol–water partition coefficient (Wildman–Crippen LogP) is 4.91. The van der Waals surface area contributed by atoms with Gasteiger partial charge in [-0.15, -0.1) is 11.3 Å². The minimum absolute atomic E-state index is 0.0816. The number of piperidine rings is 1. The van der Waals surface area contributed by atoms with Crippen LogP contribution >= 0.6 is 46.8 Å². The number of hydrazone groups is 1. The molecule has 0 unspecified atom stereocenters. The molecule has 0 amide bonds. The highest BCUT2D eigenvalue weighted by atomic mass is 35.5. The van der Waals surface area contributed by atoms with Crippen LogP contribution in [0.3, 0.4) is 0 Å². The van der Waals surface area contributed by atoms with Gasteiger partial charge in [-0.3, -0.25) is 10.2 Å². The number of esters is 1. The van der Waals surface area contributed by atoms with Crippen molar-refractivity contribution in [2.75, 3.05) is 20.2 Å². The molecule has 2 aromatic rings. The molecule has 2 N–H and O–H groups in total. The molecule has 10 heteroatoms. The van der Waals surface area contributed by atoms with Crippen LogP contribution in [0.2, 0.25) is 10.0 Å². The molecule has 30 heavy (non-hydrogen) atoms. The van der Waals surface area contributed by atoms with E-state index in [1.807, 2.05) is 10.3 Å². The number of halogens is 2. The zero-order valence-electron chi connectivity index (χ0n) is 16.4. The van der Waals surface area contributed by atoms with E-state index in [2.05, 4.69) is 10.5 Å². The second-order valence-corrected chi connectivity index (χ2v) is 8.94. The van der Waals surface area contributed by atoms with E-state index in [9.17, 15) is 9.90 Å². The summed E-state index contributed by atoms with van der Waals surface area (Å²) in [6.07, 6.45) is 1.38. The number of carbonyl (C=O) groups excluding carboxylic acids is 1. The molecule has 1 aliphatic heterocycles. The summed E-state index contributed by atoms with van der Waals surface area (Å²) in [4.78, 5) is 14.3. The third-order valence-electron chi connectivity index (χ3n) is 4.97. The topological polar surface area (TPSA) is 74.2 Å². The zero-order chi connectivity index (χ0) is 21.8. The number of hydrogen-bond acceptors (Lipinski definition) is 6. The Morgan fingerprint density at radius 3 is 2.67 bits per heavy atom. The third kappa shape index (κ3) is 5.06. The summed E-state index contributed by atoms with van der Waals surface area (Å²) in [6, 6.07) is 5.22. The number of methoxy groups -OCH3 is 1. The second kappa shape index (κ2) is 9.96. The number of thiophene rings is 1.